The number of fused-ring (bicyclic) bond motifs is 2. The van der Waals surface area contributed by atoms with Crippen LogP contribution in [0.25, 0.3) is 0 Å². The fraction of sp³-hybridized carbons (Fsp3) is 0.489. The fourth-order valence-corrected chi connectivity index (χ4v) is 10.00. The van der Waals surface area contributed by atoms with Gasteiger partial charge in [0, 0.05) is 54.6 Å². The van der Waals surface area contributed by atoms with Crippen LogP contribution in [0.5, 0.6) is 0 Å². The lowest BCUT2D eigenvalue weighted by Crippen LogP contribution is -2.44. The summed E-state index contributed by atoms with van der Waals surface area (Å²) in [5, 5.41) is 0. The summed E-state index contributed by atoms with van der Waals surface area (Å²) in [4.78, 5) is 30.2. The first-order valence-electron chi connectivity index (χ1n) is 20.0. The zero-order chi connectivity index (χ0) is 41.8. The molecule has 2 aliphatic heterocycles. The molecular weight excluding hydrogens is 966 g/mol. The van der Waals surface area contributed by atoms with E-state index in [0.717, 1.165) is 63.2 Å². The first-order valence-corrected chi connectivity index (χ1v) is 23.8. The first-order chi connectivity index (χ1) is 26.9. The number of benzene rings is 2. The summed E-state index contributed by atoms with van der Waals surface area (Å²) in [6, 6.07) is 13.0. The molecule has 308 valence electrons. The van der Waals surface area contributed by atoms with Crippen molar-refractivity contribution in [1.29, 1.82) is 0 Å². The molecule has 0 fully saturated rings. The van der Waals surface area contributed by atoms with Gasteiger partial charge in [-0.2, -0.15) is 13.0 Å². The van der Waals surface area contributed by atoms with Crippen molar-refractivity contribution in [3.05, 3.63) is 102 Å². The van der Waals surface area contributed by atoms with Gasteiger partial charge in [-0.25, -0.2) is 0 Å². The van der Waals surface area contributed by atoms with Gasteiger partial charge in [-0.3, -0.25) is 14.1 Å². The van der Waals surface area contributed by atoms with Gasteiger partial charge in [0.05, 0.1) is 24.4 Å². The van der Waals surface area contributed by atoms with E-state index < -0.39 is 32.9 Å². The summed E-state index contributed by atoms with van der Waals surface area (Å²) in [5.41, 5.74) is 6.21. The summed E-state index contributed by atoms with van der Waals surface area (Å²) in [7, 11) is -4.06. The minimum Gasteiger partial charge on any atom is -0.465 e. The molecule has 0 saturated heterocycles. The van der Waals surface area contributed by atoms with E-state index in [1.165, 1.54) is 14.8 Å². The number of carbonyl (C=O) groups is 2. The molecule has 0 unspecified atom stereocenters. The molecule has 0 radical (unpaired) electrons. The average Bonchev–Trinajstić information content (AvgIpc) is 3.48. The lowest BCUT2D eigenvalue weighted by molar-refractivity contribution is -0.438. The monoisotopic (exact) mass is 1020 g/mol. The number of hydrogen-bond acceptors (Lipinski definition) is 7. The molecule has 1 aliphatic carbocycles. The Morgan fingerprint density at radius 3 is 2.12 bits per heavy atom. The van der Waals surface area contributed by atoms with Crippen LogP contribution >= 0.6 is 45.2 Å². The highest BCUT2D eigenvalue weighted by Gasteiger charge is 2.51. The SMILES string of the molecule is CCCCC[N+]1=C(/C=C/C2=CC(=C/C=C3/N(CCCCS(=O)(=O)O)c4ccc(I)cc4C3(C)C)/CC(C(=O)OCC)(C(=O)OCC)C2)C(C)(C)c2cc(I)ccc21. The Morgan fingerprint density at radius 2 is 1.49 bits per heavy atom. The number of esters is 2. The molecule has 9 nitrogen and oxygen atoms in total. The van der Waals surface area contributed by atoms with Gasteiger partial charge in [-0.05, 0) is 158 Å². The van der Waals surface area contributed by atoms with Crippen molar-refractivity contribution in [2.24, 2.45) is 5.41 Å². The van der Waals surface area contributed by atoms with Gasteiger partial charge in [-0.15, -0.1) is 0 Å². The molecule has 0 bridgehead atoms. The summed E-state index contributed by atoms with van der Waals surface area (Å²) in [6.45, 7) is 16.2. The van der Waals surface area contributed by atoms with E-state index in [9.17, 15) is 22.6 Å². The maximum Gasteiger partial charge on any atom is 0.324 e. The molecule has 5 rings (SSSR count). The van der Waals surface area contributed by atoms with Crippen molar-refractivity contribution in [2.75, 3.05) is 37.0 Å². The van der Waals surface area contributed by atoms with E-state index in [4.69, 9.17) is 9.47 Å². The van der Waals surface area contributed by atoms with Crippen LogP contribution in [0.15, 0.2) is 83.6 Å². The molecule has 0 spiro atoms. The molecule has 2 aromatic carbocycles. The predicted octanol–water partition coefficient (Wildman–Crippen LogP) is 10.1. The number of allylic oxidation sites excluding steroid dienone is 8. The number of hydrogen-bond donors (Lipinski definition) is 1. The number of unbranched alkanes of at least 4 members (excludes halogenated alkanes) is 3. The molecule has 2 heterocycles. The van der Waals surface area contributed by atoms with Crippen molar-refractivity contribution in [1.82, 2.24) is 0 Å². The number of ether oxygens (including phenoxy) is 2. The Labute approximate surface area is 366 Å². The Kier molecular flexibility index (Phi) is 14.8. The molecule has 0 amide bonds. The fourth-order valence-electron chi connectivity index (χ4n) is 8.45. The molecule has 0 saturated carbocycles. The van der Waals surface area contributed by atoms with E-state index in [0.29, 0.717) is 19.4 Å². The Hall–Kier alpha value is -2.82. The van der Waals surface area contributed by atoms with Crippen LogP contribution in [0.4, 0.5) is 11.4 Å². The second-order valence-electron chi connectivity index (χ2n) is 16.2. The third-order valence-electron chi connectivity index (χ3n) is 11.4. The van der Waals surface area contributed by atoms with Crippen molar-refractivity contribution in [3.63, 3.8) is 0 Å². The van der Waals surface area contributed by atoms with Crippen molar-refractivity contribution >= 4 is 84.3 Å². The third-order valence-corrected chi connectivity index (χ3v) is 13.5. The first kappa shape index (κ1) is 45.3. The highest BCUT2D eigenvalue weighted by atomic mass is 127. The lowest BCUT2D eigenvalue weighted by atomic mass is 9.71. The van der Waals surface area contributed by atoms with Crippen molar-refractivity contribution in [3.8, 4) is 0 Å². The molecule has 2 aromatic rings. The molecular formula is C45H57I2N2O7S+. The second kappa shape index (κ2) is 18.6. The van der Waals surface area contributed by atoms with Crippen LogP contribution in [0.3, 0.4) is 0 Å². The number of nitrogens with zero attached hydrogens (tertiary/aromatic N) is 2. The number of anilines is 1. The van der Waals surface area contributed by atoms with E-state index in [1.807, 2.05) is 6.08 Å². The average molecular weight is 1020 g/mol. The quantitative estimate of drug-likeness (QED) is 0.0442. The maximum atomic E-state index is 14.0. The van der Waals surface area contributed by atoms with Gasteiger partial charge in [-0.1, -0.05) is 45.4 Å². The normalized spacial score (nSPS) is 19.6. The number of halogens is 2. The van der Waals surface area contributed by atoms with E-state index in [1.54, 1.807) is 13.8 Å². The van der Waals surface area contributed by atoms with Gasteiger partial charge in [0.15, 0.2) is 11.1 Å². The molecule has 0 atom stereocenters. The predicted molar refractivity (Wildman–Crippen MR) is 245 cm³/mol. The lowest BCUT2D eigenvalue weighted by Gasteiger charge is -2.33. The summed E-state index contributed by atoms with van der Waals surface area (Å²) < 4.78 is 48.3. The standard InChI is InChI=1S/C45H56I2N2O7S/c1-8-11-12-23-48-37-19-17-33(46)27-35(37)43(4,5)39(48)21-15-31-26-32(30-45(29-31,41(50)55-9-2)42(51)56-10-3)16-22-40-44(6,7)36-28-34(47)18-20-38(36)49(40)24-13-14-25-57(52,53)54/h15-22,26-28H,8-14,23-25,29-30H2,1-7H3/p+1. The minimum atomic E-state index is -4.06. The number of rotatable bonds is 16. The van der Waals surface area contributed by atoms with Crippen molar-refractivity contribution in [2.45, 2.75) is 104 Å². The van der Waals surface area contributed by atoms with Crippen LogP contribution in [0.1, 0.15) is 105 Å². The zero-order valence-corrected chi connectivity index (χ0v) is 39.4. The molecule has 57 heavy (non-hydrogen) atoms. The van der Waals surface area contributed by atoms with Crippen LogP contribution in [-0.4, -0.2) is 67.3 Å². The van der Waals surface area contributed by atoms with Crippen LogP contribution in [0.2, 0.25) is 0 Å². The summed E-state index contributed by atoms with van der Waals surface area (Å²) in [5.74, 6) is -1.49. The van der Waals surface area contributed by atoms with Gasteiger partial charge in [0.2, 0.25) is 5.69 Å². The molecule has 3 aliphatic rings. The van der Waals surface area contributed by atoms with Gasteiger partial charge < -0.3 is 14.4 Å². The highest BCUT2D eigenvalue weighted by Crippen LogP contribution is 2.49. The van der Waals surface area contributed by atoms with Crippen LogP contribution < -0.4 is 4.90 Å². The van der Waals surface area contributed by atoms with Gasteiger partial charge >= 0.3 is 11.9 Å². The van der Waals surface area contributed by atoms with Gasteiger partial charge in [0.1, 0.15) is 6.54 Å². The van der Waals surface area contributed by atoms with Crippen LogP contribution in [-0.2, 0) is 40.0 Å². The third kappa shape index (κ3) is 9.97. The minimum absolute atomic E-state index is 0.112. The topological polar surface area (TPSA) is 113 Å². The van der Waals surface area contributed by atoms with Gasteiger partial charge in [0.25, 0.3) is 10.1 Å². The molecule has 0 aromatic heterocycles. The molecule has 12 heteroatoms. The van der Waals surface area contributed by atoms with Crippen molar-refractivity contribution < 1.29 is 36.6 Å². The summed E-state index contributed by atoms with van der Waals surface area (Å²) in [6.07, 6.45) is 14.8. The smallest absolute Gasteiger partial charge is 0.324 e. The zero-order valence-electron chi connectivity index (χ0n) is 34.3. The Morgan fingerprint density at radius 1 is 0.842 bits per heavy atom. The van der Waals surface area contributed by atoms with Crippen LogP contribution in [0, 0.1) is 12.6 Å². The second-order valence-corrected chi connectivity index (χ2v) is 20.2. The number of carbonyl (C=O) groups excluding carboxylic acids is 2. The molecule has 1 N–H and O–H groups in total. The van der Waals surface area contributed by atoms with E-state index >= 15 is 0 Å². The van der Waals surface area contributed by atoms with E-state index in [-0.39, 0.29) is 37.2 Å². The largest absolute Gasteiger partial charge is 0.465 e. The van der Waals surface area contributed by atoms with E-state index in [2.05, 4.69) is 150 Å². The highest BCUT2D eigenvalue weighted by molar-refractivity contribution is 14.1. The summed E-state index contributed by atoms with van der Waals surface area (Å²) >= 11 is 4.70. The Bertz CT molecular complexity index is 2130. The maximum absolute atomic E-state index is 14.0. The Balaban J connectivity index is 1.63.